The van der Waals surface area contributed by atoms with E-state index in [2.05, 4.69) is 19.1 Å². The van der Waals surface area contributed by atoms with Crippen LogP contribution in [0.15, 0.2) is 18.2 Å². The molecule has 0 aromatic heterocycles. The molecule has 0 aliphatic heterocycles. The lowest BCUT2D eigenvalue weighted by Crippen LogP contribution is -2.00. The van der Waals surface area contributed by atoms with E-state index < -0.39 is 5.97 Å². The lowest BCUT2D eigenvalue weighted by molar-refractivity contribution is -0.136. The number of carboxylic acid groups (broad SMARTS) is 1. The van der Waals surface area contributed by atoms with Gasteiger partial charge >= 0.3 is 5.97 Å². The van der Waals surface area contributed by atoms with Gasteiger partial charge in [-0.15, -0.1) is 0 Å². The van der Waals surface area contributed by atoms with Gasteiger partial charge in [-0.3, -0.25) is 4.79 Å². The van der Waals surface area contributed by atoms with E-state index in [0.29, 0.717) is 0 Å². The van der Waals surface area contributed by atoms with E-state index in [1.54, 1.807) is 0 Å². The highest BCUT2D eigenvalue weighted by atomic mass is 16.4. The highest BCUT2D eigenvalue weighted by Crippen LogP contribution is 2.29. The summed E-state index contributed by atoms with van der Waals surface area (Å²) in [6.45, 7) is 2.22. The van der Waals surface area contributed by atoms with Crippen molar-refractivity contribution in [1.29, 1.82) is 0 Å². The standard InChI is InChI=1S/C13H16O2.CH4O/c1-2-9-5-11-4-3-10(8-13(14)15)7-12(11)6-9;1-2/h3-4,7,9H,2,5-6,8H2,1H3,(H,14,15);2H,1H3. The molecule has 3 nitrogen and oxygen atoms in total. The number of aliphatic hydroxyl groups is 1. The van der Waals surface area contributed by atoms with Crippen LogP contribution < -0.4 is 0 Å². The predicted molar refractivity (Wildman–Crippen MR) is 67.1 cm³/mol. The Labute approximate surface area is 102 Å². The average Bonchev–Trinajstić information content (AvgIpc) is 2.73. The van der Waals surface area contributed by atoms with Crippen LogP contribution in [0, 0.1) is 5.92 Å². The van der Waals surface area contributed by atoms with Gasteiger partial charge in [0.25, 0.3) is 0 Å². The van der Waals surface area contributed by atoms with Crippen LogP contribution in [0.2, 0.25) is 0 Å². The number of aliphatic hydroxyl groups excluding tert-OH is 1. The summed E-state index contributed by atoms with van der Waals surface area (Å²) in [5.41, 5.74) is 3.70. The van der Waals surface area contributed by atoms with Crippen molar-refractivity contribution in [3.05, 3.63) is 34.9 Å². The summed E-state index contributed by atoms with van der Waals surface area (Å²) in [4.78, 5) is 10.6. The Hall–Kier alpha value is -1.35. The number of fused-ring (bicyclic) bond motifs is 1. The Morgan fingerprint density at radius 2 is 1.94 bits per heavy atom. The second-order valence-electron chi connectivity index (χ2n) is 4.36. The third kappa shape index (κ3) is 3.56. The molecule has 1 aliphatic rings. The summed E-state index contributed by atoms with van der Waals surface area (Å²) in [5.74, 6) is 0.0140. The molecular formula is C14H20O3. The smallest absolute Gasteiger partial charge is 0.307 e. The van der Waals surface area contributed by atoms with Crippen LogP contribution in [-0.2, 0) is 24.1 Å². The number of carboxylic acids is 1. The van der Waals surface area contributed by atoms with Gasteiger partial charge in [0.2, 0.25) is 0 Å². The molecule has 0 spiro atoms. The first-order valence-corrected chi connectivity index (χ1v) is 5.96. The summed E-state index contributed by atoms with van der Waals surface area (Å²) in [7, 11) is 1.00. The van der Waals surface area contributed by atoms with E-state index in [0.717, 1.165) is 25.0 Å². The van der Waals surface area contributed by atoms with Gasteiger partial charge in [0.1, 0.15) is 0 Å². The van der Waals surface area contributed by atoms with Crippen LogP contribution in [-0.4, -0.2) is 23.3 Å². The van der Waals surface area contributed by atoms with Crippen molar-refractivity contribution in [2.75, 3.05) is 7.11 Å². The molecular weight excluding hydrogens is 216 g/mol. The number of aliphatic carboxylic acids is 1. The van der Waals surface area contributed by atoms with Gasteiger partial charge in [-0.25, -0.2) is 0 Å². The maximum absolute atomic E-state index is 10.6. The van der Waals surface area contributed by atoms with Crippen LogP contribution in [0.25, 0.3) is 0 Å². The predicted octanol–water partition coefficient (Wildman–Crippen LogP) is 2.05. The molecule has 0 heterocycles. The molecule has 1 unspecified atom stereocenters. The first-order valence-electron chi connectivity index (χ1n) is 5.96. The van der Waals surface area contributed by atoms with Crippen molar-refractivity contribution >= 4 is 5.97 Å². The minimum Gasteiger partial charge on any atom is -0.481 e. The Morgan fingerprint density at radius 3 is 2.53 bits per heavy atom. The van der Waals surface area contributed by atoms with Crippen molar-refractivity contribution in [2.45, 2.75) is 32.6 Å². The molecule has 1 atom stereocenters. The zero-order chi connectivity index (χ0) is 12.8. The molecule has 0 fully saturated rings. The van der Waals surface area contributed by atoms with E-state index in [4.69, 9.17) is 10.2 Å². The van der Waals surface area contributed by atoms with Crippen molar-refractivity contribution in [3.8, 4) is 0 Å². The van der Waals surface area contributed by atoms with Gasteiger partial charge in [-0.2, -0.15) is 0 Å². The SMILES string of the molecule is CCC1Cc2ccc(CC(=O)O)cc2C1.CO. The third-order valence-corrected chi connectivity index (χ3v) is 3.22. The molecule has 2 rings (SSSR count). The summed E-state index contributed by atoms with van der Waals surface area (Å²) >= 11 is 0. The zero-order valence-electron chi connectivity index (χ0n) is 10.4. The van der Waals surface area contributed by atoms with Crippen LogP contribution in [0.1, 0.15) is 30.0 Å². The number of carbonyl (C=O) groups is 1. The fourth-order valence-corrected chi connectivity index (χ4v) is 2.34. The van der Waals surface area contributed by atoms with Crippen LogP contribution in [0.3, 0.4) is 0 Å². The molecule has 94 valence electrons. The van der Waals surface area contributed by atoms with Crippen LogP contribution in [0.4, 0.5) is 0 Å². The van der Waals surface area contributed by atoms with Crippen molar-refractivity contribution in [3.63, 3.8) is 0 Å². The molecule has 0 amide bonds. The number of hydrogen-bond donors (Lipinski definition) is 2. The quantitative estimate of drug-likeness (QED) is 0.844. The summed E-state index contributed by atoms with van der Waals surface area (Å²) < 4.78 is 0. The molecule has 1 aromatic rings. The Morgan fingerprint density at radius 1 is 1.29 bits per heavy atom. The fraction of sp³-hybridized carbons (Fsp3) is 0.500. The van der Waals surface area contributed by atoms with Crippen LogP contribution >= 0.6 is 0 Å². The van der Waals surface area contributed by atoms with Crippen molar-refractivity contribution in [1.82, 2.24) is 0 Å². The van der Waals surface area contributed by atoms with Gasteiger partial charge < -0.3 is 10.2 Å². The van der Waals surface area contributed by atoms with Gasteiger partial charge in [0, 0.05) is 7.11 Å². The monoisotopic (exact) mass is 236 g/mol. The number of rotatable bonds is 3. The van der Waals surface area contributed by atoms with E-state index in [-0.39, 0.29) is 6.42 Å². The lowest BCUT2D eigenvalue weighted by Gasteiger charge is -2.02. The second kappa shape index (κ2) is 6.40. The van der Waals surface area contributed by atoms with E-state index in [1.165, 1.54) is 24.0 Å². The molecule has 0 saturated carbocycles. The molecule has 1 aromatic carbocycles. The minimum absolute atomic E-state index is 0.143. The first-order chi connectivity index (χ1) is 8.19. The van der Waals surface area contributed by atoms with E-state index in [1.807, 2.05) is 6.07 Å². The molecule has 2 N–H and O–H groups in total. The Kier molecular flexibility index (Phi) is 5.16. The van der Waals surface area contributed by atoms with E-state index >= 15 is 0 Å². The lowest BCUT2D eigenvalue weighted by atomic mass is 10.0. The van der Waals surface area contributed by atoms with Crippen LogP contribution in [0.5, 0.6) is 0 Å². The van der Waals surface area contributed by atoms with Crippen molar-refractivity contribution in [2.24, 2.45) is 5.92 Å². The fourth-order valence-electron chi connectivity index (χ4n) is 2.34. The van der Waals surface area contributed by atoms with Gasteiger partial charge in [0.15, 0.2) is 0 Å². The van der Waals surface area contributed by atoms with Gasteiger partial charge in [-0.05, 0) is 35.4 Å². The minimum atomic E-state index is -0.750. The third-order valence-electron chi connectivity index (χ3n) is 3.22. The topological polar surface area (TPSA) is 57.5 Å². The van der Waals surface area contributed by atoms with Crippen molar-refractivity contribution < 1.29 is 15.0 Å². The average molecular weight is 236 g/mol. The highest BCUT2D eigenvalue weighted by Gasteiger charge is 2.20. The Balaban J connectivity index is 0.000000686. The maximum Gasteiger partial charge on any atom is 0.307 e. The number of benzene rings is 1. The maximum atomic E-state index is 10.6. The highest BCUT2D eigenvalue weighted by molar-refractivity contribution is 5.70. The molecule has 1 aliphatic carbocycles. The molecule has 0 saturated heterocycles. The Bertz CT molecular complexity index is 385. The largest absolute Gasteiger partial charge is 0.481 e. The molecule has 3 heteroatoms. The zero-order valence-corrected chi connectivity index (χ0v) is 10.4. The molecule has 0 bridgehead atoms. The summed E-state index contributed by atoms with van der Waals surface area (Å²) in [6.07, 6.45) is 3.64. The molecule has 0 radical (unpaired) electrons. The van der Waals surface area contributed by atoms with Gasteiger partial charge in [0.05, 0.1) is 6.42 Å². The summed E-state index contributed by atoms with van der Waals surface area (Å²) in [6, 6.07) is 6.12. The first kappa shape index (κ1) is 13.7. The molecule has 17 heavy (non-hydrogen) atoms. The van der Waals surface area contributed by atoms with E-state index in [9.17, 15) is 4.79 Å². The van der Waals surface area contributed by atoms with Gasteiger partial charge in [-0.1, -0.05) is 31.5 Å². The summed E-state index contributed by atoms with van der Waals surface area (Å²) in [5, 5.41) is 15.7. The number of hydrogen-bond acceptors (Lipinski definition) is 2. The normalized spacial score (nSPS) is 17.0. The second-order valence-corrected chi connectivity index (χ2v) is 4.36.